The Morgan fingerprint density at radius 2 is 1.56 bits per heavy atom. The van der Waals surface area contributed by atoms with Gasteiger partial charge in [-0.2, -0.15) is 0 Å². The van der Waals surface area contributed by atoms with Crippen LogP contribution >= 0.6 is 0 Å². The predicted molar refractivity (Wildman–Crippen MR) is 68.0 cm³/mol. The van der Waals surface area contributed by atoms with Gasteiger partial charge in [0.25, 0.3) is 0 Å². The van der Waals surface area contributed by atoms with Crippen molar-refractivity contribution in [2.75, 3.05) is 0 Å². The molecule has 0 aromatic heterocycles. The van der Waals surface area contributed by atoms with E-state index in [0.717, 1.165) is 5.46 Å². The Labute approximate surface area is 98.9 Å². The second-order valence-corrected chi connectivity index (χ2v) is 5.22. The molecule has 1 aromatic carbocycles. The van der Waals surface area contributed by atoms with E-state index in [1.54, 1.807) is 21.3 Å². The molecule has 1 rings (SSSR count). The molecule has 1 aromatic rings. The van der Waals surface area contributed by atoms with Crippen molar-refractivity contribution < 1.29 is 9.76 Å². The Hall–Kier alpha value is -0.795. The summed E-state index contributed by atoms with van der Waals surface area (Å²) in [4.78, 5) is 0. The minimum absolute atomic E-state index is 0.613. The number of benzene rings is 1. The van der Waals surface area contributed by atoms with E-state index in [9.17, 15) is 5.11 Å². The minimum Gasteiger partial charge on any atom is -0.427 e. The van der Waals surface area contributed by atoms with Crippen molar-refractivity contribution in [2.45, 2.75) is 45.8 Å². The molecule has 0 unspecified atom stereocenters. The highest BCUT2D eigenvalue weighted by Gasteiger charge is 2.35. The Morgan fingerprint density at radius 1 is 1.06 bits per heavy atom. The lowest BCUT2D eigenvalue weighted by atomic mass is 9.82. The zero-order valence-electron chi connectivity index (χ0n) is 10.7. The summed E-state index contributed by atoms with van der Waals surface area (Å²) < 4.78 is 5.64. The predicted octanol–water partition coefficient (Wildman–Crippen LogP) is 1.81. The molecule has 0 heterocycles. The van der Waals surface area contributed by atoms with Crippen molar-refractivity contribution in [3.05, 3.63) is 29.8 Å². The number of hydrogen-bond donors (Lipinski definition) is 1. The van der Waals surface area contributed by atoms with E-state index in [1.807, 2.05) is 45.0 Å². The largest absolute Gasteiger partial charge is 0.427 e. The molecule has 2 nitrogen and oxygen atoms in total. The summed E-state index contributed by atoms with van der Waals surface area (Å²) in [5.41, 5.74) is 0.730. The Morgan fingerprint density at radius 3 is 2.00 bits per heavy atom. The van der Waals surface area contributed by atoms with Gasteiger partial charge in [0.2, 0.25) is 0 Å². The highest BCUT2D eigenvalue weighted by molar-refractivity contribution is 6.47. The molecule has 0 bridgehead atoms. The lowest BCUT2D eigenvalue weighted by Gasteiger charge is -2.37. The van der Waals surface area contributed by atoms with E-state index in [2.05, 4.69) is 0 Å². The third kappa shape index (κ3) is 3.36. The summed E-state index contributed by atoms with van der Waals surface area (Å²) in [7, 11) is 1.69. The minimum atomic E-state index is -0.881. The summed E-state index contributed by atoms with van der Waals surface area (Å²) in [6.07, 6.45) is 0. The Bertz CT molecular complexity index is 336. The normalized spacial score (nSPS) is 12.6. The number of aliphatic hydroxyl groups is 1. The zero-order chi connectivity index (χ0) is 12.4. The first-order valence-corrected chi connectivity index (χ1v) is 5.52. The quantitative estimate of drug-likeness (QED) is 0.782. The molecule has 0 atom stereocenters. The van der Waals surface area contributed by atoms with Crippen molar-refractivity contribution in [3.8, 4) is 0 Å². The molecule has 0 fully saturated rings. The van der Waals surface area contributed by atoms with E-state index in [-0.39, 0.29) is 0 Å². The van der Waals surface area contributed by atoms with Crippen LogP contribution in [0.4, 0.5) is 0 Å². The average Bonchev–Trinajstić information content (AvgIpc) is 2.15. The molecule has 0 saturated carbocycles. The molecule has 0 saturated heterocycles. The number of hydrogen-bond acceptors (Lipinski definition) is 2. The second kappa shape index (κ2) is 4.60. The second-order valence-electron chi connectivity index (χ2n) is 5.22. The maximum atomic E-state index is 9.92. The molecular formula is C13H20BO2. The first-order valence-electron chi connectivity index (χ1n) is 5.52. The molecule has 16 heavy (non-hydrogen) atoms. The molecule has 0 aliphatic carbocycles. The topological polar surface area (TPSA) is 29.5 Å². The molecule has 1 N–H and O–H groups in total. The zero-order valence-corrected chi connectivity index (χ0v) is 10.7. The van der Waals surface area contributed by atoms with Crippen LogP contribution in [0.15, 0.2) is 24.3 Å². The molecule has 0 aliphatic rings. The number of rotatable bonds is 4. The van der Waals surface area contributed by atoms with E-state index in [0.29, 0.717) is 0 Å². The molecule has 1 radical (unpaired) electrons. The lowest BCUT2D eigenvalue weighted by molar-refractivity contribution is -0.0893. The average molecular weight is 219 g/mol. The van der Waals surface area contributed by atoms with Crippen LogP contribution in [-0.2, 0) is 4.65 Å². The van der Waals surface area contributed by atoms with Crippen LogP contribution in [0.3, 0.4) is 0 Å². The van der Waals surface area contributed by atoms with E-state index in [4.69, 9.17) is 4.65 Å². The molecular weight excluding hydrogens is 199 g/mol. The first kappa shape index (κ1) is 13.3. The van der Waals surface area contributed by atoms with Gasteiger partial charge < -0.3 is 9.76 Å². The van der Waals surface area contributed by atoms with Gasteiger partial charge in [-0.25, -0.2) is 0 Å². The van der Waals surface area contributed by atoms with Crippen LogP contribution in [-0.4, -0.2) is 23.8 Å². The highest BCUT2D eigenvalue weighted by Crippen LogP contribution is 2.24. The first-order chi connectivity index (χ1) is 7.22. The summed E-state index contributed by atoms with van der Waals surface area (Å²) in [5, 5.41) is 9.92. The lowest BCUT2D eigenvalue weighted by Crippen LogP contribution is -2.49. The molecule has 0 aliphatic heterocycles. The summed E-state index contributed by atoms with van der Waals surface area (Å²) >= 11 is 0. The Balaban J connectivity index is 2.61. The summed E-state index contributed by atoms with van der Waals surface area (Å²) in [6.45, 7) is 9.28. The standard InChI is InChI=1S/C13H20BO2/c1-10-6-8-11(9-7-10)14-16-13(4,5)12(2,3)15/h6-9,15H,1-5H3. The van der Waals surface area contributed by atoms with E-state index in [1.165, 1.54) is 5.56 Å². The molecule has 0 spiro atoms. The van der Waals surface area contributed by atoms with Crippen LogP contribution in [0.2, 0.25) is 0 Å². The fourth-order valence-corrected chi connectivity index (χ4v) is 1.00. The van der Waals surface area contributed by atoms with Gasteiger partial charge in [0.1, 0.15) is 0 Å². The maximum Gasteiger partial charge on any atom is 0.330 e. The molecule has 0 amide bonds. The van der Waals surface area contributed by atoms with Crippen LogP contribution in [0.25, 0.3) is 0 Å². The fourth-order valence-electron chi connectivity index (χ4n) is 1.00. The van der Waals surface area contributed by atoms with Gasteiger partial charge in [0.05, 0.1) is 11.2 Å². The SMILES string of the molecule is Cc1ccc([B]OC(C)(C)C(C)(C)O)cc1. The van der Waals surface area contributed by atoms with Crippen molar-refractivity contribution in [3.63, 3.8) is 0 Å². The maximum absolute atomic E-state index is 9.92. The van der Waals surface area contributed by atoms with Gasteiger partial charge in [-0.3, -0.25) is 0 Å². The number of aryl methyl sites for hydroxylation is 1. The smallest absolute Gasteiger partial charge is 0.330 e. The monoisotopic (exact) mass is 219 g/mol. The van der Waals surface area contributed by atoms with Crippen molar-refractivity contribution in [1.29, 1.82) is 0 Å². The third-order valence-corrected chi connectivity index (χ3v) is 3.04. The Kier molecular flexibility index (Phi) is 3.82. The van der Waals surface area contributed by atoms with Crippen LogP contribution in [0.5, 0.6) is 0 Å². The van der Waals surface area contributed by atoms with Gasteiger partial charge in [0, 0.05) is 0 Å². The molecule has 87 valence electrons. The van der Waals surface area contributed by atoms with Crippen LogP contribution in [0, 0.1) is 6.92 Å². The summed E-state index contributed by atoms with van der Waals surface area (Å²) in [6, 6.07) is 8.06. The van der Waals surface area contributed by atoms with Gasteiger partial charge in [-0.05, 0) is 34.6 Å². The van der Waals surface area contributed by atoms with Crippen LogP contribution < -0.4 is 5.46 Å². The van der Waals surface area contributed by atoms with Gasteiger partial charge in [-0.15, -0.1) is 0 Å². The van der Waals surface area contributed by atoms with Crippen molar-refractivity contribution >= 4 is 12.9 Å². The van der Waals surface area contributed by atoms with Crippen LogP contribution in [0.1, 0.15) is 33.3 Å². The summed E-state index contributed by atoms with van der Waals surface area (Å²) in [5.74, 6) is 0. The van der Waals surface area contributed by atoms with Gasteiger partial charge >= 0.3 is 7.48 Å². The highest BCUT2D eigenvalue weighted by atomic mass is 16.5. The van der Waals surface area contributed by atoms with Gasteiger partial charge in [0.15, 0.2) is 0 Å². The van der Waals surface area contributed by atoms with Gasteiger partial charge in [-0.1, -0.05) is 35.3 Å². The van der Waals surface area contributed by atoms with E-state index >= 15 is 0 Å². The third-order valence-electron chi connectivity index (χ3n) is 3.04. The van der Waals surface area contributed by atoms with E-state index < -0.39 is 11.2 Å². The fraction of sp³-hybridized carbons (Fsp3) is 0.538. The van der Waals surface area contributed by atoms with Crippen molar-refractivity contribution in [1.82, 2.24) is 0 Å². The molecule has 3 heteroatoms. The van der Waals surface area contributed by atoms with Crippen molar-refractivity contribution in [2.24, 2.45) is 0 Å².